The number of aryl methyl sites for hydroxylation is 1. The van der Waals surface area contributed by atoms with Crippen LogP contribution in [0.15, 0.2) is 24.4 Å². The van der Waals surface area contributed by atoms with Gasteiger partial charge in [-0.15, -0.1) is 0 Å². The second-order valence-electron chi connectivity index (χ2n) is 5.47. The van der Waals surface area contributed by atoms with E-state index in [1.807, 2.05) is 40.6 Å². The van der Waals surface area contributed by atoms with Crippen LogP contribution in [0.25, 0.3) is 5.65 Å². The molecule has 0 aliphatic carbocycles. The van der Waals surface area contributed by atoms with Crippen molar-refractivity contribution in [3.8, 4) is 0 Å². The van der Waals surface area contributed by atoms with Crippen molar-refractivity contribution in [3.63, 3.8) is 0 Å². The molecule has 0 spiro atoms. The number of piperidine rings is 1. The molecule has 0 unspecified atom stereocenters. The first-order chi connectivity index (χ1) is 9.16. The maximum atomic E-state index is 12.7. The van der Waals surface area contributed by atoms with Gasteiger partial charge in [0.05, 0.1) is 5.69 Å². The topological polar surface area (TPSA) is 37.6 Å². The van der Waals surface area contributed by atoms with E-state index in [4.69, 9.17) is 0 Å². The first-order valence-electron chi connectivity index (χ1n) is 6.90. The van der Waals surface area contributed by atoms with E-state index < -0.39 is 0 Å². The number of imidazole rings is 1. The Balaban J connectivity index is 1.99. The van der Waals surface area contributed by atoms with Crippen LogP contribution in [0.2, 0.25) is 0 Å². The molecular weight excluding hydrogens is 238 g/mol. The molecule has 1 aliphatic heterocycles. The van der Waals surface area contributed by atoms with Gasteiger partial charge in [-0.2, -0.15) is 0 Å². The average Bonchev–Trinajstić information content (AvgIpc) is 2.74. The monoisotopic (exact) mass is 257 g/mol. The molecule has 1 fully saturated rings. The summed E-state index contributed by atoms with van der Waals surface area (Å²) < 4.78 is 1.90. The maximum absolute atomic E-state index is 12.7. The second kappa shape index (κ2) is 4.68. The molecule has 100 valence electrons. The summed E-state index contributed by atoms with van der Waals surface area (Å²) in [4.78, 5) is 19.1. The molecule has 2 aromatic rings. The molecule has 0 N–H and O–H groups in total. The number of hydrogen-bond donors (Lipinski definition) is 0. The van der Waals surface area contributed by atoms with Crippen molar-refractivity contribution in [2.75, 3.05) is 13.1 Å². The third-order valence-electron chi connectivity index (χ3n) is 3.85. The Kier molecular flexibility index (Phi) is 3.01. The highest BCUT2D eigenvalue weighted by Crippen LogP contribution is 2.20. The standard InChI is InChI=1S/C15H19N3O/c1-11-6-5-8-17(10-11)15(19)14-12(2)16-13-7-3-4-9-18(13)14/h3-4,7,9,11H,5-6,8,10H2,1-2H3/t11-/m0/s1. The summed E-state index contributed by atoms with van der Waals surface area (Å²) in [6.45, 7) is 5.84. The van der Waals surface area contributed by atoms with E-state index in [0.717, 1.165) is 30.9 Å². The first kappa shape index (κ1) is 12.2. The van der Waals surface area contributed by atoms with Crippen LogP contribution in [-0.4, -0.2) is 33.3 Å². The molecule has 1 atom stereocenters. The van der Waals surface area contributed by atoms with Crippen LogP contribution in [0.5, 0.6) is 0 Å². The third kappa shape index (κ3) is 2.11. The molecule has 1 amide bonds. The van der Waals surface area contributed by atoms with Crippen LogP contribution in [-0.2, 0) is 0 Å². The summed E-state index contributed by atoms with van der Waals surface area (Å²) in [6.07, 6.45) is 4.23. The van der Waals surface area contributed by atoms with Gasteiger partial charge in [0.1, 0.15) is 11.3 Å². The maximum Gasteiger partial charge on any atom is 0.272 e. The van der Waals surface area contributed by atoms with Gasteiger partial charge in [0, 0.05) is 19.3 Å². The molecule has 19 heavy (non-hydrogen) atoms. The van der Waals surface area contributed by atoms with E-state index in [9.17, 15) is 4.79 Å². The van der Waals surface area contributed by atoms with Crippen LogP contribution in [0.4, 0.5) is 0 Å². The van der Waals surface area contributed by atoms with Crippen molar-refractivity contribution in [1.82, 2.24) is 14.3 Å². The molecule has 3 heterocycles. The SMILES string of the molecule is Cc1nc2ccccn2c1C(=O)N1CCC[C@H](C)C1. The van der Waals surface area contributed by atoms with Gasteiger partial charge in [-0.3, -0.25) is 9.20 Å². The average molecular weight is 257 g/mol. The van der Waals surface area contributed by atoms with Crippen molar-refractivity contribution >= 4 is 11.6 Å². The fraction of sp³-hybridized carbons (Fsp3) is 0.467. The van der Waals surface area contributed by atoms with Gasteiger partial charge in [0.15, 0.2) is 0 Å². The Bertz CT molecular complexity index is 617. The summed E-state index contributed by atoms with van der Waals surface area (Å²) in [5, 5.41) is 0. The zero-order valence-electron chi connectivity index (χ0n) is 11.5. The number of carbonyl (C=O) groups excluding carboxylic acids is 1. The Labute approximate surface area is 113 Å². The van der Waals surface area contributed by atoms with Gasteiger partial charge >= 0.3 is 0 Å². The highest BCUT2D eigenvalue weighted by molar-refractivity contribution is 5.94. The predicted molar refractivity (Wildman–Crippen MR) is 74.2 cm³/mol. The van der Waals surface area contributed by atoms with Gasteiger partial charge < -0.3 is 4.90 Å². The number of carbonyl (C=O) groups is 1. The van der Waals surface area contributed by atoms with E-state index in [1.54, 1.807) is 0 Å². The van der Waals surface area contributed by atoms with Crippen molar-refractivity contribution in [1.29, 1.82) is 0 Å². The number of rotatable bonds is 1. The highest BCUT2D eigenvalue weighted by Gasteiger charge is 2.25. The number of likely N-dealkylation sites (tertiary alicyclic amines) is 1. The van der Waals surface area contributed by atoms with Gasteiger partial charge in [-0.1, -0.05) is 13.0 Å². The number of aromatic nitrogens is 2. The molecule has 0 radical (unpaired) electrons. The lowest BCUT2D eigenvalue weighted by Crippen LogP contribution is -2.39. The van der Waals surface area contributed by atoms with Crippen LogP contribution < -0.4 is 0 Å². The molecule has 4 heteroatoms. The minimum atomic E-state index is 0.114. The summed E-state index contributed by atoms with van der Waals surface area (Å²) in [7, 11) is 0. The Morgan fingerprint density at radius 2 is 2.26 bits per heavy atom. The van der Waals surface area contributed by atoms with E-state index in [0.29, 0.717) is 11.6 Å². The molecule has 0 aromatic carbocycles. The normalized spacial score (nSPS) is 19.9. The van der Waals surface area contributed by atoms with Crippen LogP contribution in [0.1, 0.15) is 35.9 Å². The zero-order valence-corrected chi connectivity index (χ0v) is 11.5. The minimum absolute atomic E-state index is 0.114. The number of nitrogens with zero attached hydrogens (tertiary/aromatic N) is 3. The van der Waals surface area contributed by atoms with Crippen molar-refractivity contribution < 1.29 is 4.79 Å². The lowest BCUT2D eigenvalue weighted by atomic mass is 10.00. The molecular formula is C15H19N3O. The molecule has 2 aromatic heterocycles. The molecule has 1 saturated heterocycles. The van der Waals surface area contributed by atoms with E-state index in [-0.39, 0.29) is 5.91 Å². The zero-order chi connectivity index (χ0) is 13.4. The van der Waals surface area contributed by atoms with Crippen LogP contribution in [0, 0.1) is 12.8 Å². The van der Waals surface area contributed by atoms with Crippen molar-refractivity contribution in [3.05, 3.63) is 35.8 Å². The quantitative estimate of drug-likeness (QED) is 0.787. The predicted octanol–water partition coefficient (Wildman–Crippen LogP) is 2.51. The van der Waals surface area contributed by atoms with Gasteiger partial charge in [-0.05, 0) is 37.8 Å². The minimum Gasteiger partial charge on any atom is -0.337 e. The first-order valence-corrected chi connectivity index (χ1v) is 6.90. The smallest absolute Gasteiger partial charge is 0.272 e. The van der Waals surface area contributed by atoms with Gasteiger partial charge in [-0.25, -0.2) is 4.98 Å². The van der Waals surface area contributed by atoms with Gasteiger partial charge in [0.25, 0.3) is 5.91 Å². The van der Waals surface area contributed by atoms with Crippen molar-refractivity contribution in [2.24, 2.45) is 5.92 Å². The lowest BCUT2D eigenvalue weighted by molar-refractivity contribution is 0.0675. The molecule has 0 saturated carbocycles. The van der Waals surface area contributed by atoms with Crippen LogP contribution >= 0.6 is 0 Å². The Morgan fingerprint density at radius 3 is 3.05 bits per heavy atom. The van der Waals surface area contributed by atoms with E-state index in [1.165, 1.54) is 6.42 Å². The third-order valence-corrected chi connectivity index (χ3v) is 3.85. The summed E-state index contributed by atoms with van der Waals surface area (Å²) in [6, 6.07) is 5.81. The summed E-state index contributed by atoms with van der Waals surface area (Å²) >= 11 is 0. The Morgan fingerprint density at radius 1 is 1.42 bits per heavy atom. The summed E-state index contributed by atoms with van der Waals surface area (Å²) in [5.74, 6) is 0.708. The fourth-order valence-electron chi connectivity index (χ4n) is 2.89. The van der Waals surface area contributed by atoms with E-state index in [2.05, 4.69) is 11.9 Å². The number of pyridine rings is 1. The number of hydrogen-bond acceptors (Lipinski definition) is 2. The number of amides is 1. The lowest BCUT2D eigenvalue weighted by Gasteiger charge is -2.30. The molecule has 0 bridgehead atoms. The van der Waals surface area contributed by atoms with Crippen molar-refractivity contribution in [2.45, 2.75) is 26.7 Å². The molecule has 1 aliphatic rings. The fourth-order valence-corrected chi connectivity index (χ4v) is 2.89. The molecule has 4 nitrogen and oxygen atoms in total. The highest BCUT2D eigenvalue weighted by atomic mass is 16.2. The molecule has 3 rings (SSSR count). The number of fused-ring (bicyclic) bond motifs is 1. The second-order valence-corrected chi connectivity index (χ2v) is 5.47. The van der Waals surface area contributed by atoms with E-state index >= 15 is 0 Å². The van der Waals surface area contributed by atoms with Gasteiger partial charge in [0.2, 0.25) is 0 Å². The Hall–Kier alpha value is -1.84. The largest absolute Gasteiger partial charge is 0.337 e. The summed E-state index contributed by atoms with van der Waals surface area (Å²) in [5.41, 5.74) is 2.37. The van der Waals surface area contributed by atoms with Crippen LogP contribution in [0.3, 0.4) is 0 Å².